The fourth-order valence-corrected chi connectivity index (χ4v) is 2.05. The number of likely N-dealkylation sites (N-methyl/N-ethyl adjacent to an activating group) is 1. The molecule has 1 nitrogen and oxygen atoms in total. The van der Waals surface area contributed by atoms with Gasteiger partial charge in [-0.1, -0.05) is 32.0 Å². The number of hydrogen-bond acceptors (Lipinski definition) is 1. The van der Waals surface area contributed by atoms with Crippen molar-refractivity contribution in [2.75, 3.05) is 18.5 Å². The fourth-order valence-electron chi connectivity index (χ4n) is 2.05. The summed E-state index contributed by atoms with van der Waals surface area (Å²) >= 11 is 0. The second-order valence-electron chi connectivity index (χ2n) is 4.17. The first-order chi connectivity index (χ1) is 6.02. The van der Waals surface area contributed by atoms with Crippen molar-refractivity contribution in [3.05, 3.63) is 29.8 Å². The number of benzene rings is 1. The van der Waals surface area contributed by atoms with Gasteiger partial charge in [0.2, 0.25) is 0 Å². The van der Waals surface area contributed by atoms with Crippen LogP contribution < -0.4 is 4.90 Å². The SMILES string of the molecule is [2H]c1cccc2c1N(C)CC2(C)C. The molecule has 2 rings (SSSR count). The molecule has 0 spiro atoms. The van der Waals surface area contributed by atoms with Gasteiger partial charge in [-0.2, -0.15) is 0 Å². The highest BCUT2D eigenvalue weighted by molar-refractivity contribution is 5.61. The molecule has 1 heteroatoms. The number of nitrogens with zero attached hydrogens (tertiary/aromatic N) is 1. The average Bonchev–Trinajstić information content (AvgIpc) is 2.24. The quantitative estimate of drug-likeness (QED) is 0.566. The van der Waals surface area contributed by atoms with Crippen molar-refractivity contribution >= 4 is 5.69 Å². The lowest BCUT2D eigenvalue weighted by molar-refractivity contribution is 0.563. The van der Waals surface area contributed by atoms with Crippen molar-refractivity contribution in [1.29, 1.82) is 0 Å². The maximum Gasteiger partial charge on any atom is 0.0645 e. The van der Waals surface area contributed by atoms with Gasteiger partial charge in [0.15, 0.2) is 0 Å². The lowest BCUT2D eigenvalue weighted by Gasteiger charge is -2.18. The molecule has 0 radical (unpaired) electrons. The van der Waals surface area contributed by atoms with E-state index < -0.39 is 0 Å². The minimum absolute atomic E-state index is 0.196. The number of para-hydroxylation sites is 1. The standard InChI is InChI=1S/C11H15N/c1-11(2)8-12(3)10-7-5-4-6-9(10)11/h4-7H,8H2,1-3H3/i7D. The van der Waals surface area contributed by atoms with E-state index in [-0.39, 0.29) is 5.41 Å². The van der Waals surface area contributed by atoms with Crippen molar-refractivity contribution in [2.24, 2.45) is 0 Å². The van der Waals surface area contributed by atoms with Crippen LogP contribution in [0.3, 0.4) is 0 Å². The van der Waals surface area contributed by atoms with Gasteiger partial charge >= 0.3 is 0 Å². The van der Waals surface area contributed by atoms with Crippen molar-refractivity contribution in [2.45, 2.75) is 19.3 Å². The van der Waals surface area contributed by atoms with E-state index in [1.807, 2.05) is 12.1 Å². The summed E-state index contributed by atoms with van der Waals surface area (Å²) in [6, 6.07) is 6.61. The van der Waals surface area contributed by atoms with E-state index in [2.05, 4.69) is 31.9 Å². The van der Waals surface area contributed by atoms with Crippen LogP contribution in [0.2, 0.25) is 0 Å². The van der Waals surface area contributed by atoms with Gasteiger partial charge in [-0.15, -0.1) is 0 Å². The Balaban J connectivity index is 2.65. The first-order valence-corrected chi connectivity index (χ1v) is 4.33. The zero-order chi connectivity index (χ0) is 9.64. The average molecular weight is 162 g/mol. The van der Waals surface area contributed by atoms with Gasteiger partial charge in [-0.3, -0.25) is 0 Å². The largest absolute Gasteiger partial charge is 0.373 e. The fraction of sp³-hybridized carbons (Fsp3) is 0.455. The monoisotopic (exact) mass is 162 g/mol. The molecule has 0 amide bonds. The molecule has 0 atom stereocenters. The Hall–Kier alpha value is -0.980. The van der Waals surface area contributed by atoms with E-state index in [0.717, 1.165) is 12.2 Å². The molecule has 1 aromatic rings. The molecule has 1 aliphatic rings. The Morgan fingerprint density at radius 1 is 1.50 bits per heavy atom. The summed E-state index contributed by atoms with van der Waals surface area (Å²) in [5, 5.41) is 0. The summed E-state index contributed by atoms with van der Waals surface area (Å²) in [6.07, 6.45) is 0. The topological polar surface area (TPSA) is 3.24 Å². The summed E-state index contributed by atoms with van der Waals surface area (Å²) in [7, 11) is 2.06. The number of anilines is 1. The first-order valence-electron chi connectivity index (χ1n) is 4.83. The molecule has 0 fully saturated rings. The van der Waals surface area contributed by atoms with E-state index in [1.165, 1.54) is 5.56 Å². The predicted octanol–water partition coefficient (Wildman–Crippen LogP) is 2.41. The molecule has 0 aromatic heterocycles. The zero-order valence-electron chi connectivity index (χ0n) is 8.89. The molecule has 0 N–H and O–H groups in total. The molecular weight excluding hydrogens is 146 g/mol. The minimum Gasteiger partial charge on any atom is -0.373 e. The maximum atomic E-state index is 7.82. The summed E-state index contributed by atoms with van der Waals surface area (Å²) < 4.78 is 7.82. The van der Waals surface area contributed by atoms with Crippen LogP contribution in [0, 0.1) is 0 Å². The second-order valence-corrected chi connectivity index (χ2v) is 4.17. The number of rotatable bonds is 0. The van der Waals surface area contributed by atoms with Gasteiger partial charge in [-0.25, -0.2) is 0 Å². The van der Waals surface area contributed by atoms with Crippen LogP contribution >= 0.6 is 0 Å². The maximum absolute atomic E-state index is 7.82. The number of fused-ring (bicyclic) bond motifs is 1. The first kappa shape index (κ1) is 6.53. The van der Waals surface area contributed by atoms with Gasteiger partial charge in [0.25, 0.3) is 0 Å². The van der Waals surface area contributed by atoms with Crippen molar-refractivity contribution in [3.63, 3.8) is 0 Å². The van der Waals surface area contributed by atoms with Crippen LogP contribution in [-0.2, 0) is 5.41 Å². The third-order valence-corrected chi connectivity index (χ3v) is 2.58. The zero-order valence-corrected chi connectivity index (χ0v) is 7.89. The van der Waals surface area contributed by atoms with Crippen LogP contribution in [0.1, 0.15) is 20.8 Å². The lowest BCUT2D eigenvalue weighted by Crippen LogP contribution is -2.24. The van der Waals surface area contributed by atoms with Gasteiger partial charge in [0.05, 0.1) is 1.37 Å². The second kappa shape index (κ2) is 2.25. The van der Waals surface area contributed by atoms with Gasteiger partial charge in [0.1, 0.15) is 0 Å². The van der Waals surface area contributed by atoms with E-state index in [0.29, 0.717) is 6.04 Å². The summed E-state index contributed by atoms with van der Waals surface area (Å²) in [5.74, 6) is 0. The van der Waals surface area contributed by atoms with E-state index >= 15 is 0 Å². The molecule has 12 heavy (non-hydrogen) atoms. The van der Waals surface area contributed by atoms with Crippen LogP contribution in [0.4, 0.5) is 5.69 Å². The molecule has 64 valence electrons. The van der Waals surface area contributed by atoms with Crippen molar-refractivity contribution in [3.8, 4) is 0 Å². The molecule has 1 heterocycles. The predicted molar refractivity (Wildman–Crippen MR) is 52.7 cm³/mol. The third kappa shape index (κ3) is 0.927. The normalized spacial score (nSPS) is 20.6. The third-order valence-electron chi connectivity index (χ3n) is 2.58. The van der Waals surface area contributed by atoms with Crippen LogP contribution in [0.25, 0.3) is 0 Å². The van der Waals surface area contributed by atoms with Gasteiger partial charge in [0, 0.05) is 24.7 Å². The molecule has 0 saturated heterocycles. The highest BCUT2D eigenvalue weighted by atomic mass is 15.1. The smallest absolute Gasteiger partial charge is 0.0645 e. The Morgan fingerprint density at radius 3 is 2.92 bits per heavy atom. The van der Waals surface area contributed by atoms with Gasteiger partial charge in [-0.05, 0) is 11.6 Å². The minimum atomic E-state index is 0.196. The highest BCUT2D eigenvalue weighted by Crippen LogP contribution is 2.38. The Labute approximate surface area is 75.4 Å². The van der Waals surface area contributed by atoms with Crippen molar-refractivity contribution < 1.29 is 1.37 Å². The van der Waals surface area contributed by atoms with E-state index in [1.54, 1.807) is 0 Å². The highest BCUT2D eigenvalue weighted by Gasteiger charge is 2.32. The van der Waals surface area contributed by atoms with E-state index in [4.69, 9.17) is 1.37 Å². The van der Waals surface area contributed by atoms with Crippen LogP contribution in [-0.4, -0.2) is 13.6 Å². The summed E-state index contributed by atoms with van der Waals surface area (Å²) in [6.45, 7) is 5.47. The molecule has 0 unspecified atom stereocenters. The molecule has 0 saturated carbocycles. The summed E-state index contributed by atoms with van der Waals surface area (Å²) in [5.41, 5.74) is 2.61. The molecule has 0 aliphatic carbocycles. The molecule has 1 aromatic carbocycles. The Morgan fingerprint density at radius 2 is 2.25 bits per heavy atom. The lowest BCUT2D eigenvalue weighted by atomic mass is 9.87. The molecule has 0 bridgehead atoms. The Bertz CT molecular complexity index is 344. The molecule has 1 aliphatic heterocycles. The van der Waals surface area contributed by atoms with Crippen molar-refractivity contribution in [1.82, 2.24) is 0 Å². The molecular formula is C11H15N. The van der Waals surface area contributed by atoms with Gasteiger partial charge < -0.3 is 4.90 Å². The summed E-state index contributed by atoms with van der Waals surface area (Å²) in [4.78, 5) is 2.18. The van der Waals surface area contributed by atoms with Crippen LogP contribution in [0.5, 0.6) is 0 Å². The Kier molecular flexibility index (Phi) is 1.23. The van der Waals surface area contributed by atoms with Crippen LogP contribution in [0.15, 0.2) is 24.2 Å². The number of hydrogen-bond donors (Lipinski definition) is 0. The van der Waals surface area contributed by atoms with E-state index in [9.17, 15) is 0 Å².